The highest BCUT2D eigenvalue weighted by Gasteiger charge is 2.26. The van der Waals surface area contributed by atoms with E-state index in [4.69, 9.17) is 15.5 Å². The van der Waals surface area contributed by atoms with Gasteiger partial charge in [-0.2, -0.15) is 0 Å². The number of guanidine groups is 1. The lowest BCUT2D eigenvalue weighted by Crippen LogP contribution is -2.36. The number of hydrogen-bond donors (Lipinski definition) is 2. The molecule has 1 atom stereocenters. The maximum atomic E-state index is 12.4. The minimum absolute atomic E-state index is 0.141. The third-order valence-electron chi connectivity index (χ3n) is 4.87. The van der Waals surface area contributed by atoms with Crippen LogP contribution in [0.1, 0.15) is 39.0 Å². The fourth-order valence-corrected chi connectivity index (χ4v) is 3.11. The van der Waals surface area contributed by atoms with Crippen LogP contribution < -0.4 is 5.73 Å². The fraction of sp³-hybridized carbons (Fsp3) is 0.619. The number of carbonyl (C=O) groups is 1. The molecule has 0 aromatic carbocycles. The first-order chi connectivity index (χ1) is 13.5. The number of likely N-dealkylation sites (tertiary alicyclic amines) is 1. The standard InChI is InChI=1S/C21H36N4O3/c1-5-7-9-19(27)25-12-10-18(16-25)20(17(8-6-2)11-14-26)23-21(22)24(3)13-15-28-4/h6,11,14,17,26H,2,5,7-10,12-13,15-16H2,1,3-4H3,(H2,22,23)/b14-11+,20-18-. The maximum Gasteiger partial charge on any atom is 0.222 e. The molecule has 7 nitrogen and oxygen atoms in total. The van der Waals surface area contributed by atoms with E-state index in [1.54, 1.807) is 19.3 Å². The zero-order chi connectivity index (χ0) is 20.9. The highest BCUT2D eigenvalue weighted by molar-refractivity contribution is 5.79. The lowest BCUT2D eigenvalue weighted by Gasteiger charge is -2.21. The van der Waals surface area contributed by atoms with Gasteiger partial charge in [0.15, 0.2) is 5.96 Å². The SMILES string of the molecule is C=CCC(/C=C/O)/C(N=C(N)N(C)CCOC)=C1\CCN(C(=O)CCCC)C1. The average Bonchev–Trinajstić information content (AvgIpc) is 3.18. The third-order valence-corrected chi connectivity index (χ3v) is 4.87. The van der Waals surface area contributed by atoms with Crippen LogP contribution in [0.3, 0.4) is 0 Å². The molecule has 0 aliphatic carbocycles. The number of nitrogens with two attached hydrogens (primary N) is 1. The van der Waals surface area contributed by atoms with Crippen molar-refractivity contribution in [1.82, 2.24) is 9.80 Å². The monoisotopic (exact) mass is 392 g/mol. The summed E-state index contributed by atoms with van der Waals surface area (Å²) in [6.07, 6.45) is 8.40. The Morgan fingerprint density at radius 2 is 2.29 bits per heavy atom. The topological polar surface area (TPSA) is 91.4 Å². The number of allylic oxidation sites excluding steroid dienone is 2. The summed E-state index contributed by atoms with van der Waals surface area (Å²) in [5.41, 5.74) is 8.09. The Balaban J connectivity index is 3.14. The molecule has 1 fully saturated rings. The van der Waals surface area contributed by atoms with E-state index in [9.17, 15) is 9.90 Å². The van der Waals surface area contributed by atoms with Crippen molar-refractivity contribution in [1.29, 1.82) is 0 Å². The molecule has 1 aliphatic rings. The number of aliphatic imine (C=N–C) groups is 1. The Hall–Kier alpha value is -2.28. The van der Waals surface area contributed by atoms with Crippen molar-refractivity contribution in [2.75, 3.05) is 40.4 Å². The molecule has 1 saturated heterocycles. The van der Waals surface area contributed by atoms with Crippen LogP contribution in [-0.2, 0) is 9.53 Å². The van der Waals surface area contributed by atoms with Crippen molar-refractivity contribution in [3.63, 3.8) is 0 Å². The van der Waals surface area contributed by atoms with Gasteiger partial charge in [0.05, 0.1) is 18.6 Å². The summed E-state index contributed by atoms with van der Waals surface area (Å²) in [6.45, 7) is 8.32. The molecule has 3 N–H and O–H groups in total. The number of aliphatic hydroxyl groups excluding tert-OH is 1. The van der Waals surface area contributed by atoms with Crippen LogP contribution in [0, 0.1) is 5.92 Å². The smallest absolute Gasteiger partial charge is 0.222 e. The molecule has 28 heavy (non-hydrogen) atoms. The zero-order valence-electron chi connectivity index (χ0n) is 17.6. The van der Waals surface area contributed by atoms with Crippen molar-refractivity contribution in [3.8, 4) is 0 Å². The van der Waals surface area contributed by atoms with Crippen LogP contribution in [0.2, 0.25) is 0 Å². The Morgan fingerprint density at radius 1 is 1.54 bits per heavy atom. The van der Waals surface area contributed by atoms with E-state index in [0.717, 1.165) is 36.8 Å². The number of hydrogen-bond acceptors (Lipinski definition) is 4. The molecule has 0 saturated carbocycles. The lowest BCUT2D eigenvalue weighted by molar-refractivity contribution is -0.130. The zero-order valence-corrected chi connectivity index (χ0v) is 17.6. The second-order valence-corrected chi connectivity index (χ2v) is 7.01. The summed E-state index contributed by atoms with van der Waals surface area (Å²) in [5.74, 6) is 0.427. The number of nitrogens with zero attached hydrogens (tertiary/aromatic N) is 3. The maximum absolute atomic E-state index is 12.4. The molecule has 1 heterocycles. The predicted octanol–water partition coefficient (Wildman–Crippen LogP) is 2.82. The Kier molecular flexibility index (Phi) is 11.0. The van der Waals surface area contributed by atoms with E-state index in [0.29, 0.717) is 45.0 Å². The summed E-state index contributed by atoms with van der Waals surface area (Å²) < 4.78 is 5.10. The number of likely N-dealkylation sites (N-methyl/N-ethyl adjacent to an activating group) is 1. The summed E-state index contributed by atoms with van der Waals surface area (Å²) in [4.78, 5) is 20.8. The van der Waals surface area contributed by atoms with E-state index in [2.05, 4.69) is 13.5 Å². The van der Waals surface area contributed by atoms with Gasteiger partial charge in [-0.25, -0.2) is 4.99 Å². The number of methoxy groups -OCH3 is 1. The first-order valence-electron chi connectivity index (χ1n) is 9.94. The molecule has 1 rings (SSSR count). The Morgan fingerprint density at radius 3 is 2.89 bits per heavy atom. The molecule has 158 valence electrons. The average molecular weight is 393 g/mol. The van der Waals surface area contributed by atoms with Crippen molar-refractivity contribution >= 4 is 11.9 Å². The van der Waals surface area contributed by atoms with Crippen LogP contribution >= 0.6 is 0 Å². The van der Waals surface area contributed by atoms with Gasteiger partial charge in [-0.15, -0.1) is 6.58 Å². The molecular formula is C21H36N4O3. The molecule has 0 aromatic heterocycles. The molecule has 0 bridgehead atoms. The van der Waals surface area contributed by atoms with Crippen molar-refractivity contribution < 1.29 is 14.6 Å². The number of ether oxygens (including phenoxy) is 1. The van der Waals surface area contributed by atoms with E-state index >= 15 is 0 Å². The van der Waals surface area contributed by atoms with Gasteiger partial charge < -0.3 is 25.4 Å². The minimum Gasteiger partial charge on any atom is -0.516 e. The van der Waals surface area contributed by atoms with Crippen LogP contribution in [0.15, 0.2) is 41.3 Å². The summed E-state index contributed by atoms with van der Waals surface area (Å²) in [5, 5.41) is 9.34. The number of rotatable bonds is 11. The van der Waals surface area contributed by atoms with Gasteiger partial charge >= 0.3 is 0 Å². The third kappa shape index (κ3) is 7.38. The van der Waals surface area contributed by atoms with E-state index < -0.39 is 0 Å². The lowest BCUT2D eigenvalue weighted by atomic mass is 9.96. The van der Waals surface area contributed by atoms with Crippen LogP contribution in [0.5, 0.6) is 0 Å². The molecular weight excluding hydrogens is 356 g/mol. The first kappa shape index (κ1) is 23.8. The second-order valence-electron chi connectivity index (χ2n) is 7.01. The normalized spacial score (nSPS) is 17.8. The molecule has 1 amide bonds. The van der Waals surface area contributed by atoms with Gasteiger partial charge in [0, 0.05) is 46.1 Å². The van der Waals surface area contributed by atoms with Crippen LogP contribution in [0.4, 0.5) is 0 Å². The van der Waals surface area contributed by atoms with Crippen LogP contribution in [-0.4, -0.2) is 67.2 Å². The Bertz CT molecular complexity index is 598. The van der Waals surface area contributed by atoms with Gasteiger partial charge in [0.1, 0.15) is 0 Å². The molecule has 1 aliphatic heterocycles. The largest absolute Gasteiger partial charge is 0.516 e. The van der Waals surface area contributed by atoms with E-state index in [1.165, 1.54) is 0 Å². The highest BCUT2D eigenvalue weighted by atomic mass is 16.5. The number of carbonyl (C=O) groups excluding carboxylic acids is 1. The van der Waals surface area contributed by atoms with E-state index in [-0.39, 0.29) is 11.8 Å². The first-order valence-corrected chi connectivity index (χ1v) is 9.94. The molecule has 0 aromatic rings. The summed E-state index contributed by atoms with van der Waals surface area (Å²) in [6, 6.07) is 0. The molecule has 7 heteroatoms. The molecule has 1 unspecified atom stereocenters. The number of amides is 1. The van der Waals surface area contributed by atoms with Crippen molar-refractivity contribution in [3.05, 3.63) is 36.3 Å². The molecule has 0 spiro atoms. The quantitative estimate of drug-likeness (QED) is 0.244. The molecule has 0 radical (unpaired) electrons. The fourth-order valence-electron chi connectivity index (χ4n) is 3.11. The van der Waals surface area contributed by atoms with Crippen molar-refractivity contribution in [2.24, 2.45) is 16.6 Å². The predicted molar refractivity (Wildman–Crippen MR) is 114 cm³/mol. The van der Waals surface area contributed by atoms with Crippen molar-refractivity contribution in [2.45, 2.75) is 39.0 Å². The highest BCUT2D eigenvalue weighted by Crippen LogP contribution is 2.29. The van der Waals surface area contributed by atoms with Gasteiger partial charge in [0.25, 0.3) is 0 Å². The summed E-state index contributed by atoms with van der Waals surface area (Å²) >= 11 is 0. The number of aliphatic hydroxyl groups is 1. The van der Waals surface area contributed by atoms with Crippen LogP contribution in [0.25, 0.3) is 0 Å². The number of unbranched alkanes of at least 4 members (excludes halogenated alkanes) is 1. The van der Waals surface area contributed by atoms with Gasteiger partial charge in [-0.05, 0) is 30.9 Å². The van der Waals surface area contributed by atoms with E-state index in [1.807, 2.05) is 16.8 Å². The van der Waals surface area contributed by atoms with Gasteiger partial charge in [-0.3, -0.25) is 4.79 Å². The Labute approximate surface area is 169 Å². The minimum atomic E-state index is -0.141. The van der Waals surface area contributed by atoms with Gasteiger partial charge in [-0.1, -0.05) is 19.4 Å². The second kappa shape index (κ2) is 13.0. The van der Waals surface area contributed by atoms with Gasteiger partial charge in [0.2, 0.25) is 5.91 Å². The summed E-state index contributed by atoms with van der Waals surface area (Å²) in [7, 11) is 3.50.